The molecule has 0 bridgehead atoms. The van der Waals surface area contributed by atoms with E-state index in [2.05, 4.69) is 15.0 Å². The lowest BCUT2D eigenvalue weighted by molar-refractivity contribution is 0.339. The predicted molar refractivity (Wildman–Crippen MR) is 82.9 cm³/mol. The minimum Gasteiger partial charge on any atom is -0.494 e. The van der Waals surface area contributed by atoms with E-state index in [1.165, 1.54) is 0 Å². The van der Waals surface area contributed by atoms with Gasteiger partial charge in [-0.15, -0.1) is 0 Å². The highest BCUT2D eigenvalue weighted by molar-refractivity contribution is 5.49. The number of hydrogen-bond donors (Lipinski definition) is 0. The van der Waals surface area contributed by atoms with Crippen LogP contribution in [0, 0.1) is 0 Å². The van der Waals surface area contributed by atoms with Gasteiger partial charge in [-0.3, -0.25) is 0 Å². The van der Waals surface area contributed by atoms with E-state index in [9.17, 15) is 0 Å². The number of pyridine rings is 1. The van der Waals surface area contributed by atoms with Crippen molar-refractivity contribution in [3.8, 4) is 28.9 Å². The molecule has 2 heterocycles. The van der Waals surface area contributed by atoms with Crippen LogP contribution in [0.3, 0.4) is 0 Å². The van der Waals surface area contributed by atoms with Gasteiger partial charge in [0.25, 0.3) is 0 Å². The quantitative estimate of drug-likeness (QED) is 0.717. The van der Waals surface area contributed by atoms with Crippen LogP contribution in [0.2, 0.25) is 0 Å². The van der Waals surface area contributed by atoms with E-state index in [0.717, 1.165) is 5.75 Å². The molecule has 0 spiro atoms. The monoisotopic (exact) mass is 293 g/mol. The summed E-state index contributed by atoms with van der Waals surface area (Å²) in [6, 6.07) is 14.7. The summed E-state index contributed by atoms with van der Waals surface area (Å²) in [5.41, 5.74) is 0.670. The minimum absolute atomic E-state index is 0.495. The molecule has 0 unspecified atom stereocenters. The van der Waals surface area contributed by atoms with Crippen molar-refractivity contribution in [3.05, 3.63) is 60.9 Å². The third-order valence-corrected chi connectivity index (χ3v) is 2.88. The maximum atomic E-state index is 5.75. The van der Waals surface area contributed by atoms with Crippen LogP contribution in [-0.4, -0.2) is 21.6 Å². The molecule has 5 nitrogen and oxygen atoms in total. The van der Waals surface area contributed by atoms with Crippen LogP contribution in [0.1, 0.15) is 6.92 Å². The SMILES string of the molecule is CCOc1ccc(Oc2cccc(-c3ncccn3)n2)cc1. The molecular formula is C17H15N3O2. The van der Waals surface area contributed by atoms with E-state index in [0.29, 0.717) is 29.8 Å². The number of nitrogens with zero attached hydrogens (tertiary/aromatic N) is 3. The molecular weight excluding hydrogens is 278 g/mol. The van der Waals surface area contributed by atoms with Gasteiger partial charge in [0, 0.05) is 18.5 Å². The smallest absolute Gasteiger partial charge is 0.219 e. The molecule has 5 heteroatoms. The van der Waals surface area contributed by atoms with Crippen LogP contribution in [-0.2, 0) is 0 Å². The Morgan fingerprint density at radius 2 is 1.59 bits per heavy atom. The second-order valence-corrected chi connectivity index (χ2v) is 4.44. The molecule has 0 N–H and O–H groups in total. The molecule has 0 aliphatic heterocycles. The largest absolute Gasteiger partial charge is 0.494 e. The van der Waals surface area contributed by atoms with Crippen LogP contribution < -0.4 is 9.47 Å². The highest BCUT2D eigenvalue weighted by atomic mass is 16.5. The average Bonchev–Trinajstić information content (AvgIpc) is 2.58. The van der Waals surface area contributed by atoms with Crippen molar-refractivity contribution >= 4 is 0 Å². The first-order valence-corrected chi connectivity index (χ1v) is 7.00. The Kier molecular flexibility index (Phi) is 4.25. The Morgan fingerprint density at radius 3 is 2.32 bits per heavy atom. The topological polar surface area (TPSA) is 57.1 Å². The number of ether oxygens (including phenoxy) is 2. The predicted octanol–water partition coefficient (Wildman–Crippen LogP) is 3.73. The summed E-state index contributed by atoms with van der Waals surface area (Å²) in [5, 5.41) is 0. The van der Waals surface area contributed by atoms with Crippen molar-refractivity contribution in [3.63, 3.8) is 0 Å². The molecule has 1 aromatic carbocycles. The zero-order chi connectivity index (χ0) is 15.2. The Balaban J connectivity index is 1.78. The third kappa shape index (κ3) is 3.38. The van der Waals surface area contributed by atoms with Crippen molar-refractivity contribution in [2.24, 2.45) is 0 Å². The van der Waals surface area contributed by atoms with Crippen LogP contribution in [0.5, 0.6) is 17.4 Å². The van der Waals surface area contributed by atoms with Gasteiger partial charge in [-0.1, -0.05) is 6.07 Å². The zero-order valence-electron chi connectivity index (χ0n) is 12.1. The third-order valence-electron chi connectivity index (χ3n) is 2.88. The number of aromatic nitrogens is 3. The van der Waals surface area contributed by atoms with Gasteiger partial charge in [-0.2, -0.15) is 0 Å². The summed E-state index contributed by atoms with van der Waals surface area (Å²) in [6.45, 7) is 2.59. The molecule has 0 atom stereocenters. The van der Waals surface area contributed by atoms with E-state index >= 15 is 0 Å². The maximum Gasteiger partial charge on any atom is 0.219 e. The standard InChI is InChI=1S/C17H15N3O2/c1-2-21-13-7-9-14(10-8-13)22-16-6-3-5-15(20-16)17-18-11-4-12-19-17/h3-12H,2H2,1H3. The van der Waals surface area contributed by atoms with Gasteiger partial charge in [0.15, 0.2) is 5.82 Å². The number of hydrogen-bond acceptors (Lipinski definition) is 5. The van der Waals surface area contributed by atoms with Gasteiger partial charge in [0.2, 0.25) is 5.88 Å². The summed E-state index contributed by atoms with van der Waals surface area (Å²) < 4.78 is 11.2. The second-order valence-electron chi connectivity index (χ2n) is 4.44. The van der Waals surface area contributed by atoms with Crippen LogP contribution in [0.25, 0.3) is 11.5 Å². The molecule has 3 rings (SSSR count). The van der Waals surface area contributed by atoms with E-state index in [1.807, 2.05) is 43.3 Å². The van der Waals surface area contributed by atoms with Crippen LogP contribution >= 0.6 is 0 Å². The van der Waals surface area contributed by atoms with Crippen molar-refractivity contribution in [2.75, 3.05) is 6.61 Å². The molecule has 0 aliphatic rings. The van der Waals surface area contributed by atoms with E-state index in [1.54, 1.807) is 24.5 Å². The zero-order valence-corrected chi connectivity index (χ0v) is 12.1. The molecule has 0 amide bonds. The molecule has 3 aromatic rings. The van der Waals surface area contributed by atoms with E-state index < -0.39 is 0 Å². The molecule has 110 valence electrons. The summed E-state index contributed by atoms with van der Waals surface area (Å²) >= 11 is 0. The lowest BCUT2D eigenvalue weighted by Crippen LogP contribution is -1.94. The molecule has 0 aliphatic carbocycles. The van der Waals surface area contributed by atoms with Crippen LogP contribution in [0.15, 0.2) is 60.9 Å². The Labute approximate surface area is 128 Å². The van der Waals surface area contributed by atoms with Gasteiger partial charge >= 0.3 is 0 Å². The highest BCUT2D eigenvalue weighted by Gasteiger charge is 2.05. The number of benzene rings is 1. The minimum atomic E-state index is 0.495. The highest BCUT2D eigenvalue weighted by Crippen LogP contribution is 2.24. The lowest BCUT2D eigenvalue weighted by atomic mass is 10.3. The molecule has 22 heavy (non-hydrogen) atoms. The number of rotatable bonds is 5. The summed E-state index contributed by atoms with van der Waals surface area (Å²) in [5.74, 6) is 2.57. The van der Waals surface area contributed by atoms with Crippen LogP contribution in [0.4, 0.5) is 0 Å². The Bertz CT molecular complexity index is 730. The molecule has 0 fully saturated rings. The first-order valence-electron chi connectivity index (χ1n) is 7.00. The lowest BCUT2D eigenvalue weighted by Gasteiger charge is -2.07. The van der Waals surface area contributed by atoms with Crippen molar-refractivity contribution < 1.29 is 9.47 Å². The fraction of sp³-hybridized carbons (Fsp3) is 0.118. The maximum absolute atomic E-state index is 5.75. The summed E-state index contributed by atoms with van der Waals surface area (Å²) in [4.78, 5) is 12.8. The second kappa shape index (κ2) is 6.67. The summed E-state index contributed by atoms with van der Waals surface area (Å²) in [6.07, 6.45) is 3.37. The molecule has 0 saturated heterocycles. The van der Waals surface area contributed by atoms with Crippen molar-refractivity contribution in [2.45, 2.75) is 6.92 Å². The van der Waals surface area contributed by atoms with E-state index in [-0.39, 0.29) is 0 Å². The first kappa shape index (κ1) is 14.0. The van der Waals surface area contributed by atoms with E-state index in [4.69, 9.17) is 9.47 Å². The first-order chi connectivity index (χ1) is 10.8. The van der Waals surface area contributed by atoms with Gasteiger partial charge in [-0.05, 0) is 43.3 Å². The Morgan fingerprint density at radius 1 is 0.864 bits per heavy atom. The molecule has 2 aromatic heterocycles. The molecule has 0 saturated carbocycles. The fourth-order valence-electron chi connectivity index (χ4n) is 1.92. The molecule has 0 radical (unpaired) electrons. The normalized spacial score (nSPS) is 10.2. The van der Waals surface area contributed by atoms with Gasteiger partial charge in [-0.25, -0.2) is 15.0 Å². The van der Waals surface area contributed by atoms with Gasteiger partial charge < -0.3 is 9.47 Å². The van der Waals surface area contributed by atoms with Crippen molar-refractivity contribution in [1.29, 1.82) is 0 Å². The van der Waals surface area contributed by atoms with Gasteiger partial charge in [0.05, 0.1) is 6.61 Å². The average molecular weight is 293 g/mol. The Hall–Kier alpha value is -2.95. The van der Waals surface area contributed by atoms with Crippen molar-refractivity contribution in [1.82, 2.24) is 15.0 Å². The summed E-state index contributed by atoms with van der Waals surface area (Å²) in [7, 11) is 0. The fourth-order valence-corrected chi connectivity index (χ4v) is 1.92. The van der Waals surface area contributed by atoms with Gasteiger partial charge in [0.1, 0.15) is 17.2 Å².